The highest BCUT2D eigenvalue weighted by atomic mass is 32.2. The van der Waals surface area contributed by atoms with Crippen molar-refractivity contribution in [2.45, 2.75) is 55.9 Å². The highest BCUT2D eigenvalue weighted by Crippen LogP contribution is 2.37. The first-order valence-electron chi connectivity index (χ1n) is 12.8. The second-order valence-electron chi connectivity index (χ2n) is 10.7. The Morgan fingerprint density at radius 3 is 2.39 bits per heavy atom. The lowest BCUT2D eigenvalue weighted by molar-refractivity contribution is -0.131. The van der Waals surface area contributed by atoms with E-state index >= 15 is 0 Å². The molecule has 9 heteroatoms. The molecule has 0 aliphatic heterocycles. The molecule has 0 saturated carbocycles. The van der Waals surface area contributed by atoms with E-state index in [0.29, 0.717) is 22.1 Å². The molecular formula is C29H36N2O5S2. The van der Waals surface area contributed by atoms with Gasteiger partial charge < -0.3 is 15.2 Å². The van der Waals surface area contributed by atoms with Gasteiger partial charge in [0.25, 0.3) is 10.0 Å². The zero-order chi connectivity index (χ0) is 27.5. The molecule has 0 spiro atoms. The quantitative estimate of drug-likeness (QED) is 0.267. The number of benzene rings is 2. The smallest absolute Gasteiger partial charge is 0.308 e. The number of ether oxygens (including phenoxy) is 1. The lowest BCUT2D eigenvalue weighted by atomic mass is 9.88. The van der Waals surface area contributed by atoms with Crippen LogP contribution in [0.15, 0.2) is 64.9 Å². The zero-order valence-corrected chi connectivity index (χ0v) is 23.9. The van der Waals surface area contributed by atoms with Gasteiger partial charge in [0.15, 0.2) is 0 Å². The molecule has 0 radical (unpaired) electrons. The molecule has 1 atom stereocenters. The van der Waals surface area contributed by atoms with Crippen LogP contribution in [0.1, 0.15) is 38.3 Å². The maximum absolute atomic E-state index is 13.2. The molecule has 204 valence electrons. The van der Waals surface area contributed by atoms with E-state index in [2.05, 4.69) is 43.4 Å². The number of likely N-dealkylation sites (N-methyl/N-ethyl adjacent to an activating group) is 1. The van der Waals surface area contributed by atoms with Crippen LogP contribution in [-0.4, -0.2) is 55.6 Å². The number of hydrogen-bond donors (Lipinski definition) is 2. The summed E-state index contributed by atoms with van der Waals surface area (Å²) in [6.07, 6.45) is 2.24. The summed E-state index contributed by atoms with van der Waals surface area (Å²) in [7, 11) is -2.33. The molecule has 1 heterocycles. The minimum atomic E-state index is -3.80. The van der Waals surface area contributed by atoms with Crippen LogP contribution < -0.4 is 10.1 Å². The van der Waals surface area contributed by atoms with E-state index in [1.54, 1.807) is 36.4 Å². The Morgan fingerprint density at radius 1 is 1.11 bits per heavy atom. The average molecular weight is 557 g/mol. The van der Waals surface area contributed by atoms with E-state index in [4.69, 9.17) is 4.74 Å². The number of carbonyl (C=O) groups is 1. The fraction of sp³-hybridized carbons (Fsp3) is 0.414. The van der Waals surface area contributed by atoms with E-state index in [0.717, 1.165) is 30.6 Å². The normalized spacial score (nSPS) is 15.0. The predicted octanol–water partition coefficient (Wildman–Crippen LogP) is 4.50. The standard InChI is InChI=1S/C29H36N2O5S2/c1-20(32)36-26-12-8-7-11-25(26)27-13-14-28(37-27)38(34,35)31(4)19-24(33)18-30-29(2,3)17-21-15-22-9-5-6-10-23(22)16-21/h5-14,21,24,30,33H,15-19H2,1-4H3. The Balaban J connectivity index is 1.33. The van der Waals surface area contributed by atoms with Crippen LogP contribution in [0.3, 0.4) is 0 Å². The molecule has 4 rings (SSSR count). The van der Waals surface area contributed by atoms with E-state index in [1.807, 2.05) is 0 Å². The Morgan fingerprint density at radius 2 is 1.74 bits per heavy atom. The number of fused-ring (bicyclic) bond motifs is 1. The van der Waals surface area contributed by atoms with Gasteiger partial charge in [0.2, 0.25) is 0 Å². The van der Waals surface area contributed by atoms with Crippen LogP contribution in [0, 0.1) is 5.92 Å². The number of aliphatic hydroxyl groups excluding tert-OH is 1. The number of rotatable bonds is 11. The van der Waals surface area contributed by atoms with Crippen molar-refractivity contribution in [1.29, 1.82) is 0 Å². The van der Waals surface area contributed by atoms with Crippen molar-refractivity contribution in [2.75, 3.05) is 20.1 Å². The molecule has 38 heavy (non-hydrogen) atoms. The molecule has 3 aromatic rings. The van der Waals surface area contributed by atoms with Crippen LogP contribution in [0.5, 0.6) is 5.75 Å². The Bertz CT molecular complexity index is 1360. The van der Waals surface area contributed by atoms with Gasteiger partial charge in [-0.15, -0.1) is 11.3 Å². The molecule has 1 unspecified atom stereocenters. The van der Waals surface area contributed by atoms with Crippen molar-refractivity contribution in [3.63, 3.8) is 0 Å². The molecule has 1 aliphatic carbocycles. The van der Waals surface area contributed by atoms with E-state index in [-0.39, 0.29) is 22.8 Å². The number of β-amino-alcohol motifs (C(OH)–C–C–N with tert-alkyl or cyclic N) is 1. The third-order valence-corrected chi connectivity index (χ3v) is 10.3. The van der Waals surface area contributed by atoms with Crippen molar-refractivity contribution >= 4 is 27.3 Å². The number of aliphatic hydroxyl groups is 1. The van der Waals surface area contributed by atoms with Gasteiger partial charge in [0.05, 0.1) is 6.10 Å². The maximum Gasteiger partial charge on any atom is 0.308 e. The number of sulfonamides is 1. The summed E-state index contributed by atoms with van der Waals surface area (Å²) < 4.78 is 33.1. The van der Waals surface area contributed by atoms with Gasteiger partial charge in [0, 0.05) is 43.0 Å². The molecule has 0 bridgehead atoms. The van der Waals surface area contributed by atoms with Crippen molar-refractivity contribution < 1.29 is 23.1 Å². The maximum atomic E-state index is 13.2. The number of esters is 1. The molecule has 0 amide bonds. The van der Waals surface area contributed by atoms with Crippen LogP contribution in [0.4, 0.5) is 0 Å². The van der Waals surface area contributed by atoms with Crippen molar-refractivity contribution in [2.24, 2.45) is 5.92 Å². The Kier molecular flexibility index (Phi) is 8.74. The molecule has 0 saturated heterocycles. The first-order valence-corrected chi connectivity index (χ1v) is 15.0. The summed E-state index contributed by atoms with van der Waals surface area (Å²) in [5.74, 6) is 0.486. The molecule has 0 fully saturated rings. The number of hydrogen-bond acceptors (Lipinski definition) is 7. The van der Waals surface area contributed by atoms with Crippen molar-refractivity contribution in [3.8, 4) is 16.2 Å². The van der Waals surface area contributed by atoms with Crippen LogP contribution >= 0.6 is 11.3 Å². The lowest BCUT2D eigenvalue weighted by Crippen LogP contribution is -2.47. The van der Waals surface area contributed by atoms with Gasteiger partial charge in [-0.2, -0.15) is 4.31 Å². The van der Waals surface area contributed by atoms with Crippen LogP contribution in [0.25, 0.3) is 10.4 Å². The largest absolute Gasteiger partial charge is 0.426 e. The summed E-state index contributed by atoms with van der Waals surface area (Å²) in [6.45, 7) is 5.84. The number of thiophene rings is 1. The van der Waals surface area contributed by atoms with E-state index < -0.39 is 22.1 Å². The summed E-state index contributed by atoms with van der Waals surface area (Å²) in [5.41, 5.74) is 3.30. The minimum Gasteiger partial charge on any atom is -0.426 e. The van der Waals surface area contributed by atoms with Gasteiger partial charge in [-0.3, -0.25) is 4.79 Å². The fourth-order valence-corrected chi connectivity index (χ4v) is 7.87. The molecule has 1 aromatic heterocycles. The molecule has 1 aliphatic rings. The first-order chi connectivity index (χ1) is 17.9. The van der Waals surface area contributed by atoms with Crippen molar-refractivity contribution in [3.05, 3.63) is 71.8 Å². The zero-order valence-electron chi connectivity index (χ0n) is 22.3. The van der Waals surface area contributed by atoms with Gasteiger partial charge in [0.1, 0.15) is 9.96 Å². The van der Waals surface area contributed by atoms with Crippen LogP contribution in [0.2, 0.25) is 0 Å². The second-order valence-corrected chi connectivity index (χ2v) is 14.0. The Labute approximate surface area is 229 Å². The molecule has 7 nitrogen and oxygen atoms in total. The lowest BCUT2D eigenvalue weighted by Gasteiger charge is -2.31. The van der Waals surface area contributed by atoms with Gasteiger partial charge in [-0.1, -0.05) is 36.4 Å². The third kappa shape index (κ3) is 6.90. The topological polar surface area (TPSA) is 95.9 Å². The van der Waals surface area contributed by atoms with Gasteiger partial charge in [-0.05, 0) is 74.4 Å². The summed E-state index contributed by atoms with van der Waals surface area (Å²) >= 11 is 1.10. The number of nitrogens with one attached hydrogen (secondary N) is 1. The summed E-state index contributed by atoms with van der Waals surface area (Å²) in [4.78, 5) is 12.1. The van der Waals surface area contributed by atoms with E-state index in [1.165, 1.54) is 29.4 Å². The third-order valence-electron chi connectivity index (χ3n) is 6.87. The first kappa shape index (κ1) is 28.4. The average Bonchev–Trinajstić information content (AvgIpc) is 3.50. The molecular weight excluding hydrogens is 520 g/mol. The molecule has 2 aromatic carbocycles. The highest BCUT2D eigenvalue weighted by Gasteiger charge is 2.30. The van der Waals surface area contributed by atoms with E-state index in [9.17, 15) is 18.3 Å². The summed E-state index contributed by atoms with van der Waals surface area (Å²) in [5, 5.41) is 14.1. The fourth-order valence-electron chi connectivity index (χ4n) is 5.11. The predicted molar refractivity (Wildman–Crippen MR) is 151 cm³/mol. The minimum absolute atomic E-state index is 0.0302. The van der Waals surface area contributed by atoms with Crippen molar-refractivity contribution in [1.82, 2.24) is 9.62 Å². The molecule has 2 N–H and O–H groups in total. The SMILES string of the molecule is CC(=O)Oc1ccccc1-c1ccc(S(=O)(=O)N(C)CC(O)CNC(C)(C)CC2Cc3ccccc3C2)s1. The van der Waals surface area contributed by atoms with Crippen LogP contribution in [-0.2, 0) is 27.7 Å². The second kappa shape index (κ2) is 11.7. The monoisotopic (exact) mass is 556 g/mol. The van der Waals surface area contributed by atoms with Gasteiger partial charge in [-0.25, -0.2) is 8.42 Å². The number of para-hydroxylation sites is 1. The highest BCUT2D eigenvalue weighted by molar-refractivity contribution is 7.91. The Hall–Kier alpha value is -2.56. The number of nitrogens with zero attached hydrogens (tertiary/aromatic N) is 1. The summed E-state index contributed by atoms with van der Waals surface area (Å²) in [6, 6.07) is 18.8. The number of carbonyl (C=O) groups excluding carboxylic acids is 1. The van der Waals surface area contributed by atoms with Gasteiger partial charge >= 0.3 is 5.97 Å².